The van der Waals surface area contributed by atoms with Crippen LogP contribution in [0.15, 0.2) is 0 Å². The topological polar surface area (TPSA) is 339 Å². The number of hydrogen-bond donors (Lipinski definition) is 0. The average Bonchev–Trinajstić information content (AvgIpc) is 0.918. The van der Waals surface area contributed by atoms with Gasteiger partial charge in [0.1, 0.15) is 0 Å². The van der Waals surface area contributed by atoms with Gasteiger partial charge in [-0.1, -0.05) is 0 Å². The minimum absolute atomic E-state index is 0. The molecule has 0 aromatic rings. The van der Waals surface area contributed by atoms with Crippen LogP contribution in [0, 0.1) is 10.2 Å². The SMILES string of the molecule is N#[C][Fe].O.O.O.O.O.O.O.O.O.O.[KH]. The van der Waals surface area contributed by atoms with Gasteiger partial charge in [-0.05, 0) is 0 Å². The fourth-order valence-electron chi connectivity index (χ4n) is 0. The number of hydrogen-bond acceptors (Lipinski definition) is 1. The van der Waals surface area contributed by atoms with Gasteiger partial charge in [-0.3, -0.25) is 0 Å². The molecule has 0 aromatic carbocycles. The molecule has 0 bridgehead atoms. The summed E-state index contributed by atoms with van der Waals surface area (Å²) in [5.41, 5.74) is 0. The van der Waals surface area contributed by atoms with E-state index in [0.717, 1.165) is 0 Å². The van der Waals surface area contributed by atoms with Gasteiger partial charge >= 0.3 is 77.6 Å². The van der Waals surface area contributed by atoms with E-state index in [1.54, 1.807) is 0 Å². The Bertz CT molecular complexity index is 41.6. The number of nitrogens with zero attached hydrogens (tertiary/aromatic N) is 1. The molecule has 0 unspecified atom stereocenters. The number of rotatable bonds is 0. The molecule has 0 saturated carbocycles. The molecule has 0 heterocycles. The van der Waals surface area contributed by atoms with Crippen molar-refractivity contribution < 1.29 is 70.8 Å². The summed E-state index contributed by atoms with van der Waals surface area (Å²) in [4.78, 5) is 1.50. The first-order valence-electron chi connectivity index (χ1n) is 0.400. The predicted octanol–water partition coefficient (Wildman–Crippen LogP) is -8.88. The van der Waals surface area contributed by atoms with E-state index < -0.39 is 0 Å². The van der Waals surface area contributed by atoms with Gasteiger partial charge in [0.15, 0.2) is 0 Å². The van der Waals surface area contributed by atoms with E-state index in [-0.39, 0.29) is 106 Å². The molecule has 11 nitrogen and oxygen atoms in total. The van der Waals surface area contributed by atoms with Crippen molar-refractivity contribution in [3.05, 3.63) is 0 Å². The third-order valence-corrected chi connectivity index (χ3v) is 0. The molecule has 14 heavy (non-hydrogen) atoms. The van der Waals surface area contributed by atoms with Crippen molar-refractivity contribution >= 4 is 51.4 Å². The third kappa shape index (κ3) is 1280. The minimum atomic E-state index is 0. The Kier molecular flexibility index (Phi) is 10400. The second-order valence-electron chi connectivity index (χ2n) is 0.0791. The van der Waals surface area contributed by atoms with Crippen molar-refractivity contribution in [2.75, 3.05) is 0 Å². The molecule has 0 aliphatic rings. The Morgan fingerprint density at radius 2 is 0.571 bits per heavy atom. The van der Waals surface area contributed by atoms with Gasteiger partial charge in [0, 0.05) is 0 Å². The van der Waals surface area contributed by atoms with Crippen LogP contribution in [0.1, 0.15) is 0 Å². The zero-order chi connectivity index (χ0) is 2.71. The molecular weight excluding hydrogens is 281 g/mol. The first-order chi connectivity index (χ1) is 1.41. The fraction of sp³-hybridized carbons (Fsp3) is 0. The van der Waals surface area contributed by atoms with Crippen molar-refractivity contribution in [3.63, 3.8) is 0 Å². The standard InChI is InChI=1S/CN.Fe.K.10H2O.H/c1-2;;;;;;;;;;;;;/h;;;10*1H2;. The summed E-state index contributed by atoms with van der Waals surface area (Å²) in [6.07, 6.45) is 0. The molecule has 13 heteroatoms. The van der Waals surface area contributed by atoms with Gasteiger partial charge in [0.25, 0.3) is 0 Å². The quantitative estimate of drug-likeness (QED) is 0.386. The zero-order valence-electron chi connectivity index (χ0n) is 6.30. The van der Waals surface area contributed by atoms with Crippen LogP contribution in [0.5, 0.6) is 0 Å². The molecule has 0 saturated heterocycles. The normalized spacial score (nSPS) is 0.571. The summed E-state index contributed by atoms with van der Waals surface area (Å²) in [5, 5.41) is 7.21. The fourth-order valence-corrected chi connectivity index (χ4v) is 0. The van der Waals surface area contributed by atoms with Crippen LogP contribution in [-0.2, 0) is 16.0 Å². The summed E-state index contributed by atoms with van der Waals surface area (Å²) in [6.45, 7) is 0. The van der Waals surface area contributed by atoms with E-state index in [9.17, 15) is 0 Å². The van der Waals surface area contributed by atoms with Gasteiger partial charge in [-0.25, -0.2) is 0 Å². The molecule has 0 amide bonds. The molecule has 0 aromatic heterocycles. The van der Waals surface area contributed by atoms with E-state index in [2.05, 4.69) is 16.0 Å². The first kappa shape index (κ1) is 294. The van der Waals surface area contributed by atoms with Gasteiger partial charge in [-0.2, -0.15) is 0 Å². The summed E-state index contributed by atoms with van der Waals surface area (Å²) in [7, 11) is 0. The summed E-state index contributed by atoms with van der Waals surface area (Å²) in [5.74, 6) is 0. The molecule has 20 N–H and O–H groups in total. The van der Waals surface area contributed by atoms with Gasteiger partial charge in [0.05, 0.1) is 0 Å². The van der Waals surface area contributed by atoms with E-state index >= 15 is 0 Å². The molecule has 0 atom stereocenters. The predicted molar refractivity (Wildman–Crippen MR) is 48.9 cm³/mol. The van der Waals surface area contributed by atoms with Gasteiger partial charge < -0.3 is 54.8 Å². The van der Waals surface area contributed by atoms with Crippen molar-refractivity contribution in [1.82, 2.24) is 0 Å². The summed E-state index contributed by atoms with van der Waals surface area (Å²) in [6, 6.07) is 0. The van der Waals surface area contributed by atoms with Crippen LogP contribution in [0.4, 0.5) is 0 Å². The van der Waals surface area contributed by atoms with Crippen molar-refractivity contribution in [1.29, 1.82) is 5.26 Å². The van der Waals surface area contributed by atoms with E-state index in [0.29, 0.717) is 0 Å². The molecule has 99 valence electrons. The molecule has 0 spiro atoms. The van der Waals surface area contributed by atoms with Crippen molar-refractivity contribution in [2.24, 2.45) is 0 Å². The molecule has 0 fully saturated rings. The summed E-state index contributed by atoms with van der Waals surface area (Å²) >= 11 is 2.79. The Morgan fingerprint density at radius 1 is 0.571 bits per heavy atom. The second-order valence-corrected chi connectivity index (χ2v) is 0.326. The van der Waals surface area contributed by atoms with Crippen LogP contribution in [0.2, 0.25) is 0 Å². The molecule has 0 radical (unpaired) electrons. The maximum absolute atomic E-state index is 7.21. The van der Waals surface area contributed by atoms with Crippen LogP contribution in [0.3, 0.4) is 0 Å². The number of nitriles is 1. The second kappa shape index (κ2) is 496. The maximum atomic E-state index is 7.21. The van der Waals surface area contributed by atoms with Crippen LogP contribution in [0.25, 0.3) is 0 Å². The van der Waals surface area contributed by atoms with E-state index in [4.69, 9.17) is 5.26 Å². The van der Waals surface area contributed by atoms with E-state index in [1.807, 2.05) is 0 Å². The zero-order valence-corrected chi connectivity index (χ0v) is 7.40. The summed E-state index contributed by atoms with van der Waals surface area (Å²) < 4.78 is 0. The molecule has 0 rings (SSSR count). The Hall–Kier alpha value is 1.25. The van der Waals surface area contributed by atoms with E-state index in [1.165, 1.54) is 4.97 Å². The Morgan fingerprint density at radius 3 is 0.571 bits per heavy atom. The van der Waals surface area contributed by atoms with Crippen LogP contribution in [-0.4, -0.2) is 106 Å². The van der Waals surface area contributed by atoms with Crippen LogP contribution < -0.4 is 0 Å². The molecular formula is CH21FeKNO10. The Balaban J connectivity index is -0.000000000364. The first-order valence-corrected chi connectivity index (χ1v) is 0.952. The van der Waals surface area contributed by atoms with Gasteiger partial charge in [0.2, 0.25) is 0 Å². The van der Waals surface area contributed by atoms with Crippen molar-refractivity contribution in [3.8, 4) is 4.97 Å². The molecule has 0 aliphatic carbocycles. The molecule has 0 aliphatic heterocycles. The third-order valence-electron chi connectivity index (χ3n) is 0. The van der Waals surface area contributed by atoms with Crippen molar-refractivity contribution in [2.45, 2.75) is 0 Å². The monoisotopic (exact) mass is 302 g/mol. The van der Waals surface area contributed by atoms with Gasteiger partial charge in [-0.15, -0.1) is 0 Å². The van der Waals surface area contributed by atoms with Crippen LogP contribution >= 0.6 is 0 Å². The average molecular weight is 302 g/mol. The Labute approximate surface area is 131 Å².